The van der Waals surface area contributed by atoms with Crippen molar-refractivity contribution in [3.63, 3.8) is 0 Å². The van der Waals surface area contributed by atoms with E-state index in [-0.39, 0.29) is 11.8 Å². The van der Waals surface area contributed by atoms with E-state index in [0.717, 1.165) is 24.1 Å². The molecule has 0 aliphatic carbocycles. The molecule has 1 aromatic carbocycles. The largest absolute Gasteiger partial charge is 0.385 e. The van der Waals surface area contributed by atoms with Crippen molar-refractivity contribution in [3.8, 4) is 0 Å². The third-order valence-corrected chi connectivity index (χ3v) is 4.40. The highest BCUT2D eigenvalue weighted by Gasteiger charge is 2.24. The first-order valence-electron chi connectivity index (χ1n) is 8.60. The number of amides is 1. The summed E-state index contributed by atoms with van der Waals surface area (Å²) in [5, 5.41) is 0. The van der Waals surface area contributed by atoms with Gasteiger partial charge < -0.3 is 14.2 Å². The van der Waals surface area contributed by atoms with E-state index in [0.29, 0.717) is 19.7 Å². The first-order valence-corrected chi connectivity index (χ1v) is 8.60. The Labute approximate surface area is 145 Å². The highest BCUT2D eigenvalue weighted by Crippen LogP contribution is 2.23. The standard InChI is InChI=1S/C20H28N2O2/c1-4-19(17-10-6-5-7-11-17)20(23)22(14-9-15-24-3)16-18-12-8-13-21(18)2/h5-8,10-13,19H,4,9,14-16H2,1-3H3. The molecule has 0 saturated heterocycles. The van der Waals surface area contributed by atoms with Crippen LogP contribution in [-0.2, 0) is 23.1 Å². The monoisotopic (exact) mass is 328 g/mol. The van der Waals surface area contributed by atoms with Crippen LogP contribution in [0, 0.1) is 0 Å². The first kappa shape index (κ1) is 18.3. The van der Waals surface area contributed by atoms with E-state index in [1.165, 1.54) is 0 Å². The van der Waals surface area contributed by atoms with Gasteiger partial charge in [-0.2, -0.15) is 0 Å². The number of aryl methyl sites for hydroxylation is 1. The van der Waals surface area contributed by atoms with Crippen molar-refractivity contribution >= 4 is 5.91 Å². The fraction of sp³-hybridized carbons (Fsp3) is 0.450. The van der Waals surface area contributed by atoms with E-state index >= 15 is 0 Å². The second-order valence-corrected chi connectivity index (χ2v) is 6.09. The summed E-state index contributed by atoms with van der Waals surface area (Å²) in [7, 11) is 3.71. The summed E-state index contributed by atoms with van der Waals surface area (Å²) >= 11 is 0. The summed E-state index contributed by atoms with van der Waals surface area (Å²) in [4.78, 5) is 15.2. The van der Waals surface area contributed by atoms with Crippen molar-refractivity contribution in [3.05, 3.63) is 59.9 Å². The summed E-state index contributed by atoms with van der Waals surface area (Å²) in [5.41, 5.74) is 2.23. The number of rotatable bonds is 9. The van der Waals surface area contributed by atoms with Crippen molar-refractivity contribution in [2.24, 2.45) is 7.05 Å². The van der Waals surface area contributed by atoms with Crippen LogP contribution in [0.5, 0.6) is 0 Å². The summed E-state index contributed by atoms with van der Waals surface area (Å²) < 4.78 is 7.23. The minimum absolute atomic E-state index is 0.0889. The summed E-state index contributed by atoms with van der Waals surface area (Å²) in [5.74, 6) is 0.106. The molecule has 2 rings (SSSR count). The second-order valence-electron chi connectivity index (χ2n) is 6.09. The van der Waals surface area contributed by atoms with Crippen LogP contribution in [0.15, 0.2) is 48.7 Å². The van der Waals surface area contributed by atoms with Crippen LogP contribution in [0.4, 0.5) is 0 Å². The van der Waals surface area contributed by atoms with Crippen molar-refractivity contribution in [1.29, 1.82) is 0 Å². The Morgan fingerprint density at radius 2 is 1.96 bits per heavy atom. The Bertz CT molecular complexity index is 622. The molecule has 0 fully saturated rings. The van der Waals surface area contributed by atoms with E-state index in [1.54, 1.807) is 7.11 Å². The topological polar surface area (TPSA) is 34.5 Å². The molecule has 130 valence electrons. The van der Waals surface area contributed by atoms with Gasteiger partial charge in [-0.1, -0.05) is 37.3 Å². The van der Waals surface area contributed by atoms with Gasteiger partial charge in [0.05, 0.1) is 12.5 Å². The van der Waals surface area contributed by atoms with Gasteiger partial charge in [-0.3, -0.25) is 4.79 Å². The number of methoxy groups -OCH3 is 1. The van der Waals surface area contributed by atoms with Gasteiger partial charge in [-0.05, 0) is 30.5 Å². The molecule has 1 atom stereocenters. The number of nitrogens with zero attached hydrogens (tertiary/aromatic N) is 2. The molecule has 4 nitrogen and oxygen atoms in total. The molecule has 0 N–H and O–H groups in total. The fourth-order valence-corrected chi connectivity index (χ4v) is 2.98. The maximum absolute atomic E-state index is 13.2. The third-order valence-electron chi connectivity index (χ3n) is 4.40. The fourth-order valence-electron chi connectivity index (χ4n) is 2.98. The molecule has 0 bridgehead atoms. The Kier molecular flexibility index (Phi) is 7.07. The molecule has 1 amide bonds. The van der Waals surface area contributed by atoms with Crippen LogP contribution in [-0.4, -0.2) is 35.6 Å². The van der Waals surface area contributed by atoms with Crippen LogP contribution in [0.2, 0.25) is 0 Å². The van der Waals surface area contributed by atoms with E-state index in [4.69, 9.17) is 4.74 Å². The van der Waals surface area contributed by atoms with Crippen molar-refractivity contribution in [1.82, 2.24) is 9.47 Å². The smallest absolute Gasteiger partial charge is 0.230 e. The lowest BCUT2D eigenvalue weighted by molar-refractivity contribution is -0.133. The predicted molar refractivity (Wildman–Crippen MR) is 96.8 cm³/mol. The zero-order valence-corrected chi connectivity index (χ0v) is 14.9. The van der Waals surface area contributed by atoms with Crippen LogP contribution in [0.1, 0.15) is 36.9 Å². The van der Waals surface area contributed by atoms with Crippen LogP contribution in [0.25, 0.3) is 0 Å². The highest BCUT2D eigenvalue weighted by molar-refractivity contribution is 5.83. The van der Waals surface area contributed by atoms with Crippen molar-refractivity contribution < 1.29 is 9.53 Å². The maximum Gasteiger partial charge on any atom is 0.230 e. The Balaban J connectivity index is 2.17. The Morgan fingerprint density at radius 3 is 2.54 bits per heavy atom. The lowest BCUT2D eigenvalue weighted by Gasteiger charge is -2.27. The number of carbonyl (C=O) groups excluding carboxylic acids is 1. The lowest BCUT2D eigenvalue weighted by atomic mass is 9.95. The zero-order chi connectivity index (χ0) is 17.4. The molecule has 1 unspecified atom stereocenters. The molecule has 0 aliphatic heterocycles. The SMILES string of the molecule is CCC(C(=O)N(CCCOC)Cc1cccn1C)c1ccccc1. The predicted octanol–water partition coefficient (Wildman–Crippen LogP) is 3.58. The molecule has 0 aliphatic rings. The minimum Gasteiger partial charge on any atom is -0.385 e. The number of aromatic nitrogens is 1. The number of benzene rings is 1. The number of ether oxygens (including phenoxy) is 1. The summed E-state index contributed by atoms with van der Waals surface area (Å²) in [6, 6.07) is 14.2. The van der Waals surface area contributed by atoms with Crippen LogP contribution < -0.4 is 0 Å². The second kappa shape index (κ2) is 9.28. The molecule has 2 aromatic rings. The molecule has 0 radical (unpaired) electrons. The molecular formula is C20H28N2O2. The van der Waals surface area contributed by atoms with Gasteiger partial charge in [-0.25, -0.2) is 0 Å². The highest BCUT2D eigenvalue weighted by atomic mass is 16.5. The summed E-state index contributed by atoms with van der Waals surface area (Å²) in [6.45, 7) is 4.08. The van der Waals surface area contributed by atoms with Gasteiger partial charge in [0.15, 0.2) is 0 Å². The molecule has 24 heavy (non-hydrogen) atoms. The van der Waals surface area contributed by atoms with E-state index in [2.05, 4.69) is 17.6 Å². The average molecular weight is 328 g/mol. The van der Waals surface area contributed by atoms with Crippen molar-refractivity contribution in [2.45, 2.75) is 32.2 Å². The molecule has 0 saturated carbocycles. The number of carbonyl (C=O) groups is 1. The van der Waals surface area contributed by atoms with Gasteiger partial charge in [0.2, 0.25) is 5.91 Å². The van der Waals surface area contributed by atoms with E-state index < -0.39 is 0 Å². The molecular weight excluding hydrogens is 300 g/mol. The lowest BCUT2D eigenvalue weighted by Crippen LogP contribution is -2.36. The Hall–Kier alpha value is -2.07. The maximum atomic E-state index is 13.2. The minimum atomic E-state index is -0.0889. The van der Waals surface area contributed by atoms with Crippen LogP contribution in [0.3, 0.4) is 0 Å². The van der Waals surface area contributed by atoms with Gasteiger partial charge in [0, 0.05) is 39.2 Å². The quantitative estimate of drug-likeness (QED) is 0.659. The first-order chi connectivity index (χ1) is 11.7. The number of hydrogen-bond donors (Lipinski definition) is 0. The molecule has 1 aromatic heterocycles. The normalized spacial score (nSPS) is 12.1. The van der Waals surface area contributed by atoms with Crippen molar-refractivity contribution in [2.75, 3.05) is 20.3 Å². The Morgan fingerprint density at radius 1 is 1.21 bits per heavy atom. The average Bonchev–Trinajstić information content (AvgIpc) is 3.00. The number of hydrogen-bond acceptors (Lipinski definition) is 2. The molecule has 4 heteroatoms. The van der Waals surface area contributed by atoms with Gasteiger partial charge >= 0.3 is 0 Å². The van der Waals surface area contributed by atoms with E-state index in [1.807, 2.05) is 54.5 Å². The van der Waals surface area contributed by atoms with Gasteiger partial charge in [0.25, 0.3) is 0 Å². The summed E-state index contributed by atoms with van der Waals surface area (Å²) in [6.07, 6.45) is 3.66. The van der Waals surface area contributed by atoms with Crippen LogP contribution >= 0.6 is 0 Å². The molecule has 1 heterocycles. The van der Waals surface area contributed by atoms with E-state index in [9.17, 15) is 4.79 Å². The third kappa shape index (κ3) is 4.71. The zero-order valence-electron chi connectivity index (χ0n) is 14.9. The van der Waals surface area contributed by atoms with Gasteiger partial charge in [-0.15, -0.1) is 0 Å². The van der Waals surface area contributed by atoms with Gasteiger partial charge in [0.1, 0.15) is 0 Å². The molecule has 0 spiro atoms.